The van der Waals surface area contributed by atoms with Crippen molar-refractivity contribution in [1.82, 2.24) is 9.55 Å². The molecule has 0 bridgehead atoms. The third-order valence-corrected chi connectivity index (χ3v) is 4.60. The minimum Gasteiger partial charge on any atom is -0.493 e. The third kappa shape index (κ3) is 2.83. The Morgan fingerprint density at radius 3 is 2.88 bits per heavy atom. The zero-order valence-electron chi connectivity index (χ0n) is 12.7. The molecule has 5 nitrogen and oxygen atoms in total. The lowest BCUT2D eigenvalue weighted by Gasteiger charge is -2.04. The molecule has 0 fully saturated rings. The van der Waals surface area contributed by atoms with Crippen LogP contribution in [0.25, 0.3) is 17.3 Å². The highest BCUT2D eigenvalue weighted by molar-refractivity contribution is 9.10. The molecule has 1 aliphatic rings. The molecular weight excluding hydrogens is 406 g/mol. The summed E-state index contributed by atoms with van der Waals surface area (Å²) in [6.07, 6.45) is 3.39. The number of aromatic amines is 1. The number of hydrogen-bond acceptors (Lipinski definition) is 3. The molecular formula is C18H11BrClN3O2. The van der Waals surface area contributed by atoms with E-state index in [2.05, 4.69) is 25.9 Å². The van der Waals surface area contributed by atoms with E-state index >= 15 is 0 Å². The van der Waals surface area contributed by atoms with Crippen molar-refractivity contribution in [2.45, 2.75) is 0 Å². The standard InChI is InChI=1S/C18H11BrClN3O2/c19-11-4-5-15-14(7-11)10(9-21-15)6-16-17(24)23(18(25)22-16)13-3-1-2-12(20)8-13/h1-9,24H,(H,22,25). The Labute approximate surface area is 156 Å². The molecule has 7 heteroatoms. The van der Waals surface area contributed by atoms with Crippen molar-refractivity contribution in [3.05, 3.63) is 73.7 Å². The highest BCUT2D eigenvalue weighted by Gasteiger charge is 2.17. The number of hydrogen-bond donors (Lipinski definition) is 2. The summed E-state index contributed by atoms with van der Waals surface area (Å²) in [5.41, 5.74) is 2.90. The SMILES string of the molecule is O=c1[nH]c(C=C2C=Nc3ccc(Br)cc32)c(O)n1-c1cccc(Cl)c1. The number of halogens is 2. The number of benzene rings is 2. The number of H-pyrrole nitrogens is 1. The summed E-state index contributed by atoms with van der Waals surface area (Å²) in [6, 6.07) is 12.5. The lowest BCUT2D eigenvalue weighted by atomic mass is 10.1. The van der Waals surface area contributed by atoms with Crippen LogP contribution in [-0.4, -0.2) is 20.9 Å². The van der Waals surface area contributed by atoms with Crippen LogP contribution < -0.4 is 5.69 Å². The fourth-order valence-corrected chi connectivity index (χ4v) is 3.28. The average Bonchev–Trinajstić information content (AvgIpc) is 3.09. The van der Waals surface area contributed by atoms with Gasteiger partial charge in [-0.2, -0.15) is 0 Å². The number of nitrogens with one attached hydrogen (secondary N) is 1. The second kappa shape index (κ2) is 6.06. The monoisotopic (exact) mass is 415 g/mol. The molecule has 1 aromatic heterocycles. The molecule has 0 unspecified atom stereocenters. The molecule has 2 aromatic carbocycles. The van der Waals surface area contributed by atoms with Gasteiger partial charge in [-0.15, -0.1) is 0 Å². The van der Waals surface area contributed by atoms with Gasteiger partial charge in [-0.25, -0.2) is 9.36 Å². The highest BCUT2D eigenvalue weighted by atomic mass is 79.9. The van der Waals surface area contributed by atoms with Crippen LogP contribution >= 0.6 is 27.5 Å². The van der Waals surface area contributed by atoms with Gasteiger partial charge in [0.25, 0.3) is 0 Å². The van der Waals surface area contributed by atoms with E-state index in [0.717, 1.165) is 21.3 Å². The maximum atomic E-state index is 12.3. The third-order valence-electron chi connectivity index (χ3n) is 3.88. The molecule has 2 N–H and O–H groups in total. The number of aromatic hydroxyl groups is 1. The number of rotatable bonds is 2. The first-order valence-corrected chi connectivity index (χ1v) is 8.55. The minimum atomic E-state index is -0.448. The van der Waals surface area contributed by atoms with Crippen molar-refractivity contribution in [2.24, 2.45) is 4.99 Å². The summed E-state index contributed by atoms with van der Waals surface area (Å²) in [5, 5.41) is 11.0. The fourth-order valence-electron chi connectivity index (χ4n) is 2.73. The van der Waals surface area contributed by atoms with Gasteiger partial charge in [0.1, 0.15) is 5.69 Å². The first kappa shape index (κ1) is 15.9. The lowest BCUT2D eigenvalue weighted by molar-refractivity contribution is 0.440. The summed E-state index contributed by atoms with van der Waals surface area (Å²) in [6.45, 7) is 0. The Hall–Kier alpha value is -2.57. The van der Waals surface area contributed by atoms with Gasteiger partial charge in [-0.1, -0.05) is 33.6 Å². The first-order chi connectivity index (χ1) is 12.0. The maximum absolute atomic E-state index is 12.3. The topological polar surface area (TPSA) is 70.4 Å². The number of nitrogens with zero attached hydrogens (tertiary/aromatic N) is 2. The number of allylic oxidation sites excluding steroid dienone is 1. The largest absolute Gasteiger partial charge is 0.493 e. The predicted molar refractivity (Wildman–Crippen MR) is 103 cm³/mol. The van der Waals surface area contributed by atoms with Crippen LogP contribution in [-0.2, 0) is 0 Å². The summed E-state index contributed by atoms with van der Waals surface area (Å²) in [4.78, 5) is 19.3. The van der Waals surface area contributed by atoms with Crippen LogP contribution in [0.5, 0.6) is 5.88 Å². The summed E-state index contributed by atoms with van der Waals surface area (Å²) in [7, 11) is 0. The van der Waals surface area contributed by atoms with Gasteiger partial charge in [-0.3, -0.25) is 4.99 Å². The number of fused-ring (bicyclic) bond motifs is 1. The Bertz CT molecular complexity index is 1110. The van der Waals surface area contributed by atoms with Crippen LogP contribution in [0.1, 0.15) is 11.3 Å². The molecule has 0 atom stereocenters. The Kier molecular flexibility index (Phi) is 3.86. The van der Waals surface area contributed by atoms with E-state index in [0.29, 0.717) is 16.4 Å². The Balaban J connectivity index is 1.82. The van der Waals surface area contributed by atoms with E-state index in [4.69, 9.17) is 11.6 Å². The molecule has 3 aromatic rings. The molecule has 124 valence electrons. The molecule has 0 spiro atoms. The quantitative estimate of drug-likeness (QED) is 0.644. The van der Waals surface area contributed by atoms with Crippen molar-refractivity contribution in [2.75, 3.05) is 0 Å². The van der Waals surface area contributed by atoms with Gasteiger partial charge < -0.3 is 10.1 Å². The van der Waals surface area contributed by atoms with Crippen LogP contribution in [0.2, 0.25) is 5.02 Å². The van der Waals surface area contributed by atoms with E-state index in [-0.39, 0.29) is 5.88 Å². The number of aromatic nitrogens is 2. The highest BCUT2D eigenvalue weighted by Crippen LogP contribution is 2.35. The van der Waals surface area contributed by atoms with E-state index in [1.807, 2.05) is 18.2 Å². The van der Waals surface area contributed by atoms with E-state index < -0.39 is 5.69 Å². The van der Waals surface area contributed by atoms with Gasteiger partial charge in [0.15, 0.2) is 0 Å². The van der Waals surface area contributed by atoms with Gasteiger partial charge >= 0.3 is 5.69 Å². The predicted octanol–water partition coefficient (Wildman–Crippen LogP) is 4.54. The second-order valence-electron chi connectivity index (χ2n) is 5.50. The van der Waals surface area contributed by atoms with Crippen LogP contribution in [0, 0.1) is 0 Å². The molecule has 0 amide bonds. The van der Waals surface area contributed by atoms with E-state index in [9.17, 15) is 9.90 Å². The number of imidazole rings is 1. The summed E-state index contributed by atoms with van der Waals surface area (Å²) >= 11 is 9.41. The van der Waals surface area contributed by atoms with Gasteiger partial charge in [0.2, 0.25) is 5.88 Å². The molecule has 25 heavy (non-hydrogen) atoms. The molecule has 0 saturated heterocycles. The van der Waals surface area contributed by atoms with Crippen molar-refractivity contribution < 1.29 is 5.11 Å². The summed E-state index contributed by atoms with van der Waals surface area (Å²) < 4.78 is 2.10. The van der Waals surface area contributed by atoms with Crippen molar-refractivity contribution in [1.29, 1.82) is 0 Å². The molecule has 0 radical (unpaired) electrons. The zero-order valence-corrected chi connectivity index (χ0v) is 15.0. The zero-order chi connectivity index (χ0) is 17.6. The van der Waals surface area contributed by atoms with Crippen molar-refractivity contribution >= 4 is 51.1 Å². The smallest absolute Gasteiger partial charge is 0.333 e. The normalized spacial score (nSPS) is 14.2. The summed E-state index contributed by atoms with van der Waals surface area (Å²) in [5.74, 6) is -0.184. The fraction of sp³-hybridized carbons (Fsp3) is 0. The Morgan fingerprint density at radius 2 is 2.08 bits per heavy atom. The van der Waals surface area contributed by atoms with Gasteiger partial charge in [0.05, 0.1) is 11.4 Å². The van der Waals surface area contributed by atoms with Crippen LogP contribution in [0.3, 0.4) is 0 Å². The number of aliphatic imine (C=N–C) groups is 1. The van der Waals surface area contributed by atoms with E-state index in [1.54, 1.807) is 36.6 Å². The minimum absolute atomic E-state index is 0.184. The second-order valence-corrected chi connectivity index (χ2v) is 6.85. The molecule has 1 aliphatic heterocycles. The molecule has 0 aliphatic carbocycles. The van der Waals surface area contributed by atoms with Gasteiger partial charge in [0, 0.05) is 26.8 Å². The van der Waals surface area contributed by atoms with E-state index in [1.165, 1.54) is 4.57 Å². The van der Waals surface area contributed by atoms with Crippen molar-refractivity contribution in [3.8, 4) is 11.6 Å². The molecule has 0 saturated carbocycles. The van der Waals surface area contributed by atoms with Crippen LogP contribution in [0.15, 0.2) is 56.7 Å². The molecule has 4 rings (SSSR count). The maximum Gasteiger partial charge on any atom is 0.333 e. The van der Waals surface area contributed by atoms with Crippen molar-refractivity contribution in [3.63, 3.8) is 0 Å². The first-order valence-electron chi connectivity index (χ1n) is 7.38. The lowest BCUT2D eigenvalue weighted by Crippen LogP contribution is -2.14. The molecule has 2 heterocycles. The van der Waals surface area contributed by atoms with Crippen LogP contribution in [0.4, 0.5) is 5.69 Å². The average molecular weight is 417 g/mol. The Morgan fingerprint density at radius 1 is 1.24 bits per heavy atom. The van der Waals surface area contributed by atoms with Gasteiger partial charge in [-0.05, 0) is 42.5 Å².